The zero-order valence-corrected chi connectivity index (χ0v) is 18.7. The normalized spacial score (nSPS) is 12.8. The molecule has 0 fully saturated rings. The van der Waals surface area contributed by atoms with Crippen molar-refractivity contribution in [1.29, 1.82) is 0 Å². The molecule has 0 spiro atoms. The first-order valence-corrected chi connectivity index (χ1v) is 10.5. The molecule has 0 saturated heterocycles. The number of hydrogen-bond donors (Lipinski definition) is 3. The van der Waals surface area contributed by atoms with Gasteiger partial charge in [-0.3, -0.25) is 0 Å². The first-order valence-electron chi connectivity index (χ1n) is 10.5. The third-order valence-electron chi connectivity index (χ3n) is 5.69. The third-order valence-corrected chi connectivity index (χ3v) is 5.69. The maximum Gasteiger partial charge on any atom is 0.200 e. The third kappa shape index (κ3) is 3.68. The van der Waals surface area contributed by atoms with Crippen molar-refractivity contribution in [2.75, 3.05) is 32.7 Å². The lowest BCUT2D eigenvalue weighted by Gasteiger charge is -2.27. The van der Waals surface area contributed by atoms with E-state index < -0.39 is 0 Å². The molecule has 32 heavy (non-hydrogen) atoms. The Morgan fingerprint density at radius 1 is 0.938 bits per heavy atom. The van der Waals surface area contributed by atoms with Crippen LogP contribution in [0.5, 0.6) is 28.7 Å². The number of aromatic hydroxyl groups is 2. The van der Waals surface area contributed by atoms with Gasteiger partial charge in [0.05, 0.1) is 14.2 Å². The van der Waals surface area contributed by atoms with Crippen molar-refractivity contribution in [1.82, 2.24) is 0 Å². The second-order valence-electron chi connectivity index (χ2n) is 7.57. The van der Waals surface area contributed by atoms with Crippen LogP contribution in [-0.2, 0) is 0 Å². The van der Waals surface area contributed by atoms with E-state index in [1.165, 1.54) is 14.2 Å². The van der Waals surface area contributed by atoms with E-state index >= 15 is 0 Å². The van der Waals surface area contributed by atoms with E-state index in [1.807, 2.05) is 25.1 Å². The van der Waals surface area contributed by atoms with Gasteiger partial charge >= 0.3 is 0 Å². The van der Waals surface area contributed by atoms with Gasteiger partial charge in [-0.05, 0) is 66.9 Å². The summed E-state index contributed by atoms with van der Waals surface area (Å²) >= 11 is 0. The maximum absolute atomic E-state index is 10.4. The topological polar surface area (TPSA) is 80.2 Å². The molecule has 0 atom stereocenters. The Hall–Kier alpha value is -3.80. The van der Waals surface area contributed by atoms with Gasteiger partial charge in [-0.1, -0.05) is 12.1 Å². The Kier molecular flexibility index (Phi) is 5.86. The average molecular weight is 434 g/mol. The van der Waals surface area contributed by atoms with Crippen LogP contribution in [-0.4, -0.2) is 37.6 Å². The average Bonchev–Trinajstić information content (AvgIpc) is 2.82. The largest absolute Gasteiger partial charge is 0.508 e. The number of anilines is 1. The van der Waals surface area contributed by atoms with Crippen LogP contribution in [0.1, 0.15) is 29.2 Å². The Bertz CT molecular complexity index is 1160. The molecule has 4 rings (SSSR count). The van der Waals surface area contributed by atoms with E-state index in [1.54, 1.807) is 18.2 Å². The summed E-state index contributed by atoms with van der Waals surface area (Å²) in [4.78, 5) is 0. The molecule has 0 bridgehead atoms. The first kappa shape index (κ1) is 21.4. The predicted octanol–water partition coefficient (Wildman–Crippen LogP) is 5.21. The second kappa shape index (κ2) is 8.75. The highest BCUT2D eigenvalue weighted by atomic mass is 16.5. The van der Waals surface area contributed by atoms with Crippen molar-refractivity contribution in [2.24, 2.45) is 0 Å². The zero-order chi connectivity index (χ0) is 22.8. The highest BCUT2D eigenvalue weighted by molar-refractivity contribution is 6.02. The van der Waals surface area contributed by atoms with E-state index in [0.29, 0.717) is 29.4 Å². The molecule has 0 radical (unpaired) electrons. The summed E-state index contributed by atoms with van der Waals surface area (Å²) in [6, 6.07) is 15.3. The molecule has 6 heteroatoms. The molecule has 3 aromatic rings. The van der Waals surface area contributed by atoms with Crippen molar-refractivity contribution < 1.29 is 24.4 Å². The van der Waals surface area contributed by atoms with Crippen molar-refractivity contribution in [3.63, 3.8) is 0 Å². The lowest BCUT2D eigenvalue weighted by molar-refractivity contribution is 0.339. The van der Waals surface area contributed by atoms with E-state index in [-0.39, 0.29) is 11.5 Å². The number of ether oxygens (including phenoxy) is 3. The first-order chi connectivity index (χ1) is 15.5. The number of phenols is 2. The summed E-state index contributed by atoms with van der Waals surface area (Å²) in [6.45, 7) is 5.04. The van der Waals surface area contributed by atoms with Gasteiger partial charge in [-0.15, -0.1) is 0 Å². The molecular weight excluding hydrogens is 406 g/mol. The fourth-order valence-electron chi connectivity index (χ4n) is 4.03. The molecule has 6 nitrogen and oxygen atoms in total. The molecule has 0 aliphatic carbocycles. The molecule has 0 aromatic heterocycles. The van der Waals surface area contributed by atoms with Crippen molar-refractivity contribution in [3.05, 3.63) is 70.8 Å². The van der Waals surface area contributed by atoms with Crippen LogP contribution in [0.4, 0.5) is 5.69 Å². The fourth-order valence-corrected chi connectivity index (χ4v) is 4.03. The molecule has 3 N–H and O–H groups in total. The van der Waals surface area contributed by atoms with Gasteiger partial charge in [-0.2, -0.15) is 0 Å². The minimum Gasteiger partial charge on any atom is -0.508 e. The van der Waals surface area contributed by atoms with Crippen LogP contribution in [0.25, 0.3) is 11.1 Å². The quantitative estimate of drug-likeness (QED) is 0.495. The minimum absolute atomic E-state index is 0.0474. The van der Waals surface area contributed by atoms with Crippen LogP contribution in [0.3, 0.4) is 0 Å². The number of nitrogens with one attached hydrogen (secondary N) is 1. The van der Waals surface area contributed by atoms with Crippen LogP contribution in [0, 0.1) is 6.92 Å². The van der Waals surface area contributed by atoms with E-state index in [0.717, 1.165) is 40.1 Å². The monoisotopic (exact) mass is 433 g/mol. The lowest BCUT2D eigenvalue weighted by Crippen LogP contribution is -2.13. The summed E-state index contributed by atoms with van der Waals surface area (Å²) in [5, 5.41) is 23.9. The number of rotatable bonds is 6. The standard InChI is InChI=1S/C26H27NO5/c1-5-27-18-8-6-16(7-9-18)24-19-10-11-21(28)15(2)26(19)32-14-20(24)17-12-22(30-3)25(29)23(13-17)31-4/h6-13,27-29H,5,14H2,1-4H3. The van der Waals surface area contributed by atoms with E-state index in [9.17, 15) is 10.2 Å². The lowest BCUT2D eigenvalue weighted by atomic mass is 9.86. The zero-order valence-electron chi connectivity index (χ0n) is 18.7. The summed E-state index contributed by atoms with van der Waals surface area (Å²) in [5.74, 6) is 1.45. The predicted molar refractivity (Wildman–Crippen MR) is 126 cm³/mol. The number of phenolic OH excluding ortho intramolecular Hbond substituents is 2. The van der Waals surface area contributed by atoms with E-state index in [2.05, 4.69) is 24.4 Å². The molecule has 0 saturated carbocycles. The van der Waals surface area contributed by atoms with E-state index in [4.69, 9.17) is 14.2 Å². The van der Waals surface area contributed by atoms with Crippen LogP contribution < -0.4 is 19.5 Å². The van der Waals surface area contributed by atoms with Gasteiger partial charge in [0.1, 0.15) is 18.1 Å². The summed E-state index contributed by atoms with van der Waals surface area (Å²) in [7, 11) is 3.01. The molecular formula is C26H27NO5. The Morgan fingerprint density at radius 3 is 2.19 bits per heavy atom. The molecule has 3 aromatic carbocycles. The van der Waals surface area contributed by atoms with Gasteiger partial charge in [0.2, 0.25) is 5.75 Å². The molecule has 166 valence electrons. The summed E-state index contributed by atoms with van der Waals surface area (Å²) < 4.78 is 16.9. The molecule has 1 aliphatic rings. The van der Waals surface area contributed by atoms with Gasteiger partial charge in [-0.25, -0.2) is 0 Å². The molecule has 1 heterocycles. The Balaban J connectivity index is 1.98. The molecule has 0 unspecified atom stereocenters. The second-order valence-corrected chi connectivity index (χ2v) is 7.57. The highest BCUT2D eigenvalue weighted by Gasteiger charge is 2.26. The van der Waals surface area contributed by atoms with Crippen LogP contribution in [0.2, 0.25) is 0 Å². The maximum atomic E-state index is 10.4. The van der Waals surface area contributed by atoms with Crippen molar-refractivity contribution in [3.8, 4) is 28.7 Å². The summed E-state index contributed by atoms with van der Waals surface area (Å²) in [6.07, 6.45) is 0. The number of hydrogen-bond acceptors (Lipinski definition) is 6. The van der Waals surface area contributed by atoms with Crippen LogP contribution >= 0.6 is 0 Å². The molecule has 1 aliphatic heterocycles. The van der Waals surface area contributed by atoms with Crippen molar-refractivity contribution in [2.45, 2.75) is 13.8 Å². The summed E-state index contributed by atoms with van der Waals surface area (Å²) in [5.41, 5.74) is 6.39. The van der Waals surface area contributed by atoms with Crippen molar-refractivity contribution >= 4 is 16.8 Å². The van der Waals surface area contributed by atoms with Gasteiger partial charge in [0, 0.05) is 28.9 Å². The number of fused-ring (bicyclic) bond motifs is 1. The smallest absolute Gasteiger partial charge is 0.200 e. The van der Waals surface area contributed by atoms with Gasteiger partial charge in [0.15, 0.2) is 11.5 Å². The van der Waals surface area contributed by atoms with Crippen LogP contribution in [0.15, 0.2) is 48.5 Å². The van der Waals surface area contributed by atoms with Gasteiger partial charge < -0.3 is 29.7 Å². The van der Waals surface area contributed by atoms with Gasteiger partial charge in [0.25, 0.3) is 0 Å². The molecule has 0 amide bonds. The Labute approximate surface area is 187 Å². The Morgan fingerprint density at radius 2 is 1.59 bits per heavy atom. The number of methoxy groups -OCH3 is 2. The number of benzene rings is 3. The highest BCUT2D eigenvalue weighted by Crippen LogP contribution is 2.47. The minimum atomic E-state index is -0.0474. The fraction of sp³-hybridized carbons (Fsp3) is 0.231. The SMILES string of the molecule is CCNc1ccc(C2=C(c3cc(OC)c(O)c(OC)c3)COc3c2ccc(O)c3C)cc1.